The number of aryl methyl sites for hydroxylation is 1. The van der Waals surface area contributed by atoms with E-state index in [0.717, 1.165) is 11.3 Å². The highest BCUT2D eigenvalue weighted by molar-refractivity contribution is 7.90. The van der Waals surface area contributed by atoms with E-state index in [1.807, 2.05) is 37.3 Å². The van der Waals surface area contributed by atoms with Crippen molar-refractivity contribution in [2.45, 2.75) is 11.8 Å². The Balaban J connectivity index is 2.45. The van der Waals surface area contributed by atoms with E-state index in [0.29, 0.717) is 6.54 Å². The fourth-order valence-corrected chi connectivity index (χ4v) is 3.06. The van der Waals surface area contributed by atoms with Crippen LogP contribution in [0.25, 0.3) is 0 Å². The molecule has 0 aromatic heterocycles. The topological polar surface area (TPSA) is 59.0 Å². The highest BCUT2D eigenvalue weighted by Crippen LogP contribution is 2.18. The van der Waals surface area contributed by atoms with Crippen LogP contribution in [0.15, 0.2) is 76.5 Å². The summed E-state index contributed by atoms with van der Waals surface area (Å²) in [5.74, 6) is 0. The third-order valence-corrected chi connectivity index (χ3v) is 4.57. The van der Waals surface area contributed by atoms with Crippen molar-refractivity contribution in [1.82, 2.24) is 0 Å². The van der Waals surface area contributed by atoms with Crippen LogP contribution in [0.4, 0.5) is 5.69 Å². The zero-order valence-electron chi connectivity index (χ0n) is 13.7. The van der Waals surface area contributed by atoms with Gasteiger partial charge in [0, 0.05) is 12.2 Å². The number of sulfonamides is 1. The summed E-state index contributed by atoms with van der Waals surface area (Å²) in [4.78, 5) is 1.76. The number of amidine groups is 1. The lowest BCUT2D eigenvalue weighted by Crippen LogP contribution is -2.33. The van der Waals surface area contributed by atoms with Crippen molar-refractivity contribution in [3.8, 4) is 0 Å². The van der Waals surface area contributed by atoms with E-state index in [9.17, 15) is 8.42 Å². The van der Waals surface area contributed by atoms with Gasteiger partial charge >= 0.3 is 6.02 Å². The van der Waals surface area contributed by atoms with Crippen LogP contribution in [0.2, 0.25) is 0 Å². The maximum atomic E-state index is 12.5. The Morgan fingerprint density at radius 3 is 2.33 bits per heavy atom. The molecule has 0 heterocycles. The molecule has 2 rings (SSSR count). The molecular weight excluding hydrogens is 324 g/mol. The number of rotatable bonds is 5. The molecule has 0 aliphatic carbocycles. The van der Waals surface area contributed by atoms with Gasteiger partial charge in [0.15, 0.2) is 0 Å². The lowest BCUT2D eigenvalue weighted by molar-refractivity contribution is 0.393. The summed E-state index contributed by atoms with van der Waals surface area (Å²) < 4.78 is 34.2. The molecule has 24 heavy (non-hydrogen) atoms. The first kappa shape index (κ1) is 17.7. The molecule has 0 N–H and O–H groups in total. The number of anilines is 1. The van der Waals surface area contributed by atoms with Crippen molar-refractivity contribution in [2.75, 3.05) is 18.6 Å². The van der Waals surface area contributed by atoms with E-state index in [1.54, 1.807) is 23.1 Å². The third-order valence-electron chi connectivity index (χ3n) is 3.31. The smallest absolute Gasteiger partial charge is 0.308 e. The van der Waals surface area contributed by atoms with Gasteiger partial charge in [-0.1, -0.05) is 42.0 Å². The van der Waals surface area contributed by atoms with Crippen LogP contribution >= 0.6 is 0 Å². The molecule has 0 aliphatic heterocycles. The zero-order chi connectivity index (χ0) is 17.6. The summed E-state index contributed by atoms with van der Waals surface area (Å²) in [5.41, 5.74) is 1.74. The lowest BCUT2D eigenvalue weighted by atomic mass is 10.2. The highest BCUT2D eigenvalue weighted by atomic mass is 32.2. The molecule has 126 valence electrons. The summed E-state index contributed by atoms with van der Waals surface area (Å²) >= 11 is 0. The lowest BCUT2D eigenvalue weighted by Gasteiger charge is -2.23. The second-order valence-electron chi connectivity index (χ2n) is 5.10. The van der Waals surface area contributed by atoms with Crippen LogP contribution in [0.3, 0.4) is 0 Å². The zero-order valence-corrected chi connectivity index (χ0v) is 14.5. The molecule has 0 saturated heterocycles. The number of hydrogen-bond acceptors (Lipinski definition) is 3. The van der Waals surface area contributed by atoms with E-state index < -0.39 is 10.0 Å². The Hall–Kier alpha value is -2.60. The molecule has 2 aromatic carbocycles. The quantitative estimate of drug-likeness (QED) is 0.474. The summed E-state index contributed by atoms with van der Waals surface area (Å²) in [6.45, 7) is 5.96. The van der Waals surface area contributed by atoms with Crippen molar-refractivity contribution in [3.63, 3.8) is 0 Å². The minimum atomic E-state index is -3.87. The van der Waals surface area contributed by atoms with Gasteiger partial charge in [0.25, 0.3) is 10.0 Å². The average molecular weight is 344 g/mol. The standard InChI is InChI=1S/C18H20N2O3S/c1-4-14-20(16-8-6-5-7-9-16)18(23-3)19-24(21,22)17-12-10-15(2)11-13-17/h4-13H,1,14H2,2-3H3/b19-18-. The van der Waals surface area contributed by atoms with E-state index >= 15 is 0 Å². The Labute approximate surface area is 143 Å². The first-order chi connectivity index (χ1) is 11.5. The maximum absolute atomic E-state index is 12.5. The Bertz CT molecular complexity index is 813. The Morgan fingerprint density at radius 2 is 1.79 bits per heavy atom. The van der Waals surface area contributed by atoms with Gasteiger partial charge in [-0.2, -0.15) is 8.42 Å². The third kappa shape index (κ3) is 4.23. The minimum absolute atomic E-state index is 0.0123. The van der Waals surface area contributed by atoms with Crippen LogP contribution < -0.4 is 4.90 Å². The fourth-order valence-electron chi connectivity index (χ4n) is 2.09. The summed E-state index contributed by atoms with van der Waals surface area (Å²) in [6, 6.07) is 15.8. The Kier molecular flexibility index (Phi) is 5.76. The molecular formula is C18H20N2O3S. The summed E-state index contributed by atoms with van der Waals surface area (Å²) in [5, 5.41) is 0. The summed E-state index contributed by atoms with van der Waals surface area (Å²) in [7, 11) is -2.48. The van der Waals surface area contributed by atoms with E-state index in [2.05, 4.69) is 11.0 Å². The van der Waals surface area contributed by atoms with Crippen LogP contribution in [-0.2, 0) is 14.8 Å². The summed E-state index contributed by atoms with van der Waals surface area (Å²) in [6.07, 6.45) is 1.65. The SMILES string of the molecule is C=CCN(/C(=N/S(=O)(=O)c1ccc(C)cc1)OC)c1ccccc1. The molecule has 0 aliphatic rings. The Morgan fingerprint density at radius 1 is 1.17 bits per heavy atom. The van der Waals surface area contributed by atoms with Crippen LogP contribution in [0, 0.1) is 6.92 Å². The predicted octanol–water partition coefficient (Wildman–Crippen LogP) is 3.38. The van der Waals surface area contributed by atoms with Gasteiger partial charge in [0.2, 0.25) is 0 Å². The molecule has 0 amide bonds. The van der Waals surface area contributed by atoms with Gasteiger partial charge in [0.05, 0.1) is 12.0 Å². The number of benzene rings is 2. The van der Waals surface area contributed by atoms with Crippen molar-refractivity contribution >= 4 is 21.7 Å². The number of hydrogen-bond donors (Lipinski definition) is 0. The minimum Gasteiger partial charge on any atom is -0.467 e. The van der Waals surface area contributed by atoms with Crippen LogP contribution in [0.5, 0.6) is 0 Å². The first-order valence-corrected chi connectivity index (χ1v) is 8.81. The predicted molar refractivity (Wildman–Crippen MR) is 96.8 cm³/mol. The molecule has 0 spiro atoms. The van der Waals surface area contributed by atoms with Crippen molar-refractivity contribution in [1.29, 1.82) is 0 Å². The van der Waals surface area contributed by atoms with Gasteiger partial charge in [0.1, 0.15) is 0 Å². The largest absolute Gasteiger partial charge is 0.467 e. The van der Waals surface area contributed by atoms with Crippen molar-refractivity contribution < 1.29 is 13.2 Å². The highest BCUT2D eigenvalue weighted by Gasteiger charge is 2.19. The monoisotopic (exact) mass is 344 g/mol. The second kappa shape index (κ2) is 7.79. The number of ether oxygens (including phenoxy) is 1. The van der Waals surface area contributed by atoms with Gasteiger partial charge in [-0.3, -0.25) is 4.90 Å². The molecule has 0 atom stereocenters. The van der Waals surface area contributed by atoms with Crippen molar-refractivity contribution in [3.05, 3.63) is 72.8 Å². The average Bonchev–Trinajstić information content (AvgIpc) is 2.59. The molecule has 0 radical (unpaired) electrons. The number of methoxy groups -OCH3 is 1. The second-order valence-corrected chi connectivity index (χ2v) is 6.71. The van der Waals surface area contributed by atoms with Gasteiger partial charge in [-0.05, 0) is 31.2 Å². The molecule has 0 saturated carbocycles. The van der Waals surface area contributed by atoms with E-state index in [-0.39, 0.29) is 10.9 Å². The number of para-hydroxylation sites is 1. The fraction of sp³-hybridized carbons (Fsp3) is 0.167. The van der Waals surface area contributed by atoms with Crippen molar-refractivity contribution in [2.24, 2.45) is 4.40 Å². The van der Waals surface area contributed by atoms with Crippen LogP contribution in [0.1, 0.15) is 5.56 Å². The van der Waals surface area contributed by atoms with E-state index in [4.69, 9.17) is 4.74 Å². The normalized spacial score (nSPS) is 11.8. The van der Waals surface area contributed by atoms with Gasteiger partial charge < -0.3 is 4.74 Å². The number of nitrogens with zero attached hydrogens (tertiary/aromatic N) is 2. The maximum Gasteiger partial charge on any atom is 0.308 e. The van der Waals surface area contributed by atoms with Gasteiger partial charge in [-0.25, -0.2) is 0 Å². The van der Waals surface area contributed by atoms with Gasteiger partial charge in [-0.15, -0.1) is 11.0 Å². The molecule has 0 fully saturated rings. The first-order valence-electron chi connectivity index (χ1n) is 7.37. The molecule has 6 heteroatoms. The molecule has 2 aromatic rings. The molecule has 0 bridgehead atoms. The molecule has 0 unspecified atom stereocenters. The molecule has 5 nitrogen and oxygen atoms in total. The van der Waals surface area contributed by atoms with E-state index in [1.165, 1.54) is 19.2 Å². The van der Waals surface area contributed by atoms with Crippen LogP contribution in [-0.4, -0.2) is 28.1 Å².